The zero-order valence-corrected chi connectivity index (χ0v) is 14.4. The Morgan fingerprint density at radius 1 is 1.35 bits per heavy atom. The lowest BCUT2D eigenvalue weighted by Gasteiger charge is -2.37. The number of pyridine rings is 1. The molecule has 122 valence electrons. The Balaban J connectivity index is 1.91. The molecule has 2 aromatic rings. The molecule has 2 atom stereocenters. The molecule has 1 fully saturated rings. The van der Waals surface area contributed by atoms with Crippen LogP contribution in [0, 0.1) is 12.8 Å². The standard InChI is InChI=1S/C20H26N2O/c1-14-10-17(13-22(11-14)12-16(3)23-4)18-8-7-15(2)20-19(18)6-5-9-21-20/h5-9,14,17H,3,10-13H2,1-2,4H3. The quantitative estimate of drug-likeness (QED) is 0.794. The van der Waals surface area contributed by atoms with Gasteiger partial charge in [0.05, 0.1) is 19.2 Å². The number of aryl methyl sites for hydroxylation is 1. The van der Waals surface area contributed by atoms with Crippen molar-refractivity contribution in [3.8, 4) is 0 Å². The van der Waals surface area contributed by atoms with Crippen molar-refractivity contribution in [3.05, 3.63) is 53.9 Å². The van der Waals surface area contributed by atoms with Crippen LogP contribution < -0.4 is 0 Å². The summed E-state index contributed by atoms with van der Waals surface area (Å²) in [6.45, 7) is 11.4. The second-order valence-electron chi connectivity index (χ2n) is 6.85. The van der Waals surface area contributed by atoms with Crippen molar-refractivity contribution in [2.75, 3.05) is 26.7 Å². The molecular weight excluding hydrogens is 284 g/mol. The number of rotatable bonds is 4. The van der Waals surface area contributed by atoms with Crippen LogP contribution in [0.3, 0.4) is 0 Å². The second kappa shape index (κ2) is 6.71. The molecular formula is C20H26N2O. The highest BCUT2D eigenvalue weighted by atomic mass is 16.5. The number of likely N-dealkylation sites (tertiary alicyclic amines) is 1. The van der Waals surface area contributed by atoms with Gasteiger partial charge in [0.25, 0.3) is 0 Å². The zero-order chi connectivity index (χ0) is 16.4. The van der Waals surface area contributed by atoms with E-state index in [-0.39, 0.29) is 0 Å². The van der Waals surface area contributed by atoms with Crippen molar-refractivity contribution in [1.82, 2.24) is 9.88 Å². The van der Waals surface area contributed by atoms with Gasteiger partial charge in [0.2, 0.25) is 0 Å². The Kier molecular flexibility index (Phi) is 4.67. The lowest BCUT2D eigenvalue weighted by molar-refractivity contribution is 0.148. The molecule has 2 unspecified atom stereocenters. The molecule has 3 nitrogen and oxygen atoms in total. The average Bonchev–Trinajstić information content (AvgIpc) is 2.54. The Labute approximate surface area is 139 Å². The summed E-state index contributed by atoms with van der Waals surface area (Å²) in [4.78, 5) is 7.05. The van der Waals surface area contributed by atoms with Gasteiger partial charge in [-0.15, -0.1) is 0 Å². The van der Waals surface area contributed by atoms with E-state index in [1.165, 1.54) is 22.9 Å². The van der Waals surface area contributed by atoms with E-state index in [9.17, 15) is 0 Å². The highest BCUT2D eigenvalue weighted by Crippen LogP contribution is 2.34. The molecule has 1 aromatic carbocycles. The van der Waals surface area contributed by atoms with Gasteiger partial charge in [-0.1, -0.05) is 31.7 Å². The minimum Gasteiger partial charge on any atom is -0.500 e. The number of piperidine rings is 1. The Morgan fingerprint density at radius 3 is 2.96 bits per heavy atom. The van der Waals surface area contributed by atoms with E-state index in [0.717, 1.165) is 30.9 Å². The van der Waals surface area contributed by atoms with Crippen LogP contribution in [0.1, 0.15) is 30.4 Å². The van der Waals surface area contributed by atoms with E-state index < -0.39 is 0 Å². The topological polar surface area (TPSA) is 25.4 Å². The maximum absolute atomic E-state index is 5.27. The summed E-state index contributed by atoms with van der Waals surface area (Å²) in [5, 5.41) is 1.30. The van der Waals surface area contributed by atoms with Gasteiger partial charge in [-0.3, -0.25) is 9.88 Å². The minimum absolute atomic E-state index is 0.538. The van der Waals surface area contributed by atoms with Gasteiger partial charge >= 0.3 is 0 Å². The Morgan fingerprint density at radius 2 is 2.17 bits per heavy atom. The Bertz CT molecular complexity index is 710. The number of aromatic nitrogens is 1. The molecule has 0 spiro atoms. The largest absolute Gasteiger partial charge is 0.500 e. The first-order valence-corrected chi connectivity index (χ1v) is 8.37. The fourth-order valence-corrected chi connectivity index (χ4v) is 3.82. The monoisotopic (exact) mass is 310 g/mol. The van der Waals surface area contributed by atoms with Crippen molar-refractivity contribution < 1.29 is 4.74 Å². The molecule has 3 heteroatoms. The summed E-state index contributed by atoms with van der Waals surface area (Å²) in [5.41, 5.74) is 3.81. The van der Waals surface area contributed by atoms with Gasteiger partial charge in [-0.2, -0.15) is 0 Å². The minimum atomic E-state index is 0.538. The van der Waals surface area contributed by atoms with Crippen LogP contribution in [0.15, 0.2) is 42.8 Å². The van der Waals surface area contributed by atoms with Crippen LogP contribution in [0.5, 0.6) is 0 Å². The molecule has 0 bridgehead atoms. The van der Waals surface area contributed by atoms with Gasteiger partial charge < -0.3 is 4.74 Å². The lowest BCUT2D eigenvalue weighted by Crippen LogP contribution is -2.39. The van der Waals surface area contributed by atoms with Gasteiger partial charge in [-0.05, 0) is 42.4 Å². The predicted octanol–water partition coefficient (Wildman–Crippen LogP) is 4.13. The third-order valence-corrected chi connectivity index (χ3v) is 4.87. The molecule has 0 radical (unpaired) electrons. The smallest absolute Gasteiger partial charge is 0.102 e. The molecule has 23 heavy (non-hydrogen) atoms. The number of benzene rings is 1. The van der Waals surface area contributed by atoms with Crippen molar-refractivity contribution in [2.24, 2.45) is 5.92 Å². The summed E-state index contributed by atoms with van der Waals surface area (Å²) in [6.07, 6.45) is 3.11. The average molecular weight is 310 g/mol. The van der Waals surface area contributed by atoms with Crippen molar-refractivity contribution in [3.63, 3.8) is 0 Å². The molecule has 1 saturated heterocycles. The van der Waals surface area contributed by atoms with Crippen molar-refractivity contribution >= 4 is 10.9 Å². The number of hydrogen-bond donors (Lipinski definition) is 0. The highest BCUT2D eigenvalue weighted by molar-refractivity contribution is 5.85. The number of hydrogen-bond acceptors (Lipinski definition) is 3. The number of methoxy groups -OCH3 is 1. The lowest BCUT2D eigenvalue weighted by atomic mass is 9.83. The van der Waals surface area contributed by atoms with Gasteiger partial charge in [-0.25, -0.2) is 0 Å². The summed E-state index contributed by atoms with van der Waals surface area (Å²) in [5.74, 6) is 2.05. The van der Waals surface area contributed by atoms with Gasteiger partial charge in [0.1, 0.15) is 5.76 Å². The van der Waals surface area contributed by atoms with Gasteiger partial charge in [0.15, 0.2) is 0 Å². The van der Waals surface area contributed by atoms with Crippen molar-refractivity contribution in [1.29, 1.82) is 0 Å². The molecule has 0 N–H and O–H groups in total. The third kappa shape index (κ3) is 3.40. The fraction of sp³-hybridized carbons (Fsp3) is 0.450. The molecule has 2 heterocycles. The third-order valence-electron chi connectivity index (χ3n) is 4.87. The first kappa shape index (κ1) is 16.0. The summed E-state index contributed by atoms with van der Waals surface area (Å²) in [6, 6.07) is 8.76. The molecule has 1 aliphatic rings. The highest BCUT2D eigenvalue weighted by Gasteiger charge is 2.27. The fourth-order valence-electron chi connectivity index (χ4n) is 3.82. The maximum Gasteiger partial charge on any atom is 0.102 e. The van der Waals surface area contributed by atoms with Crippen LogP contribution in [0.4, 0.5) is 0 Å². The van der Waals surface area contributed by atoms with Crippen molar-refractivity contribution in [2.45, 2.75) is 26.2 Å². The first-order valence-electron chi connectivity index (χ1n) is 8.37. The number of ether oxygens (including phenoxy) is 1. The molecule has 0 saturated carbocycles. The molecule has 0 amide bonds. The maximum atomic E-state index is 5.27. The van der Waals surface area contributed by atoms with E-state index in [2.05, 4.69) is 48.5 Å². The van der Waals surface area contributed by atoms with Gasteiger partial charge in [0, 0.05) is 24.7 Å². The molecule has 0 aliphatic carbocycles. The molecule has 1 aliphatic heterocycles. The van der Waals surface area contributed by atoms with E-state index in [0.29, 0.717) is 11.8 Å². The summed E-state index contributed by atoms with van der Waals surface area (Å²) in [7, 11) is 1.70. The summed E-state index contributed by atoms with van der Waals surface area (Å²) >= 11 is 0. The number of fused-ring (bicyclic) bond motifs is 1. The van der Waals surface area contributed by atoms with E-state index >= 15 is 0 Å². The normalized spacial score (nSPS) is 22.2. The van der Waals surface area contributed by atoms with Crippen LogP contribution in [-0.4, -0.2) is 36.6 Å². The molecule has 1 aromatic heterocycles. The SMILES string of the molecule is C=C(CN1CC(C)CC(c2ccc(C)c3ncccc23)C1)OC. The predicted molar refractivity (Wildman–Crippen MR) is 95.6 cm³/mol. The van der Waals surface area contributed by atoms with Crippen LogP contribution >= 0.6 is 0 Å². The van der Waals surface area contributed by atoms with E-state index in [4.69, 9.17) is 4.74 Å². The summed E-state index contributed by atoms with van der Waals surface area (Å²) < 4.78 is 5.27. The van der Waals surface area contributed by atoms with E-state index in [1.807, 2.05) is 12.3 Å². The Hall–Kier alpha value is -1.87. The first-order chi connectivity index (χ1) is 11.1. The number of nitrogens with zero attached hydrogens (tertiary/aromatic N) is 2. The van der Waals surface area contributed by atoms with Crippen LogP contribution in [0.25, 0.3) is 10.9 Å². The van der Waals surface area contributed by atoms with E-state index in [1.54, 1.807) is 7.11 Å². The second-order valence-corrected chi connectivity index (χ2v) is 6.85. The molecule has 3 rings (SSSR count). The van der Waals surface area contributed by atoms with Crippen LogP contribution in [0.2, 0.25) is 0 Å². The van der Waals surface area contributed by atoms with Crippen LogP contribution in [-0.2, 0) is 4.74 Å². The zero-order valence-electron chi connectivity index (χ0n) is 14.4.